The first-order valence-electron chi connectivity index (χ1n) is 5.29. The van der Waals surface area contributed by atoms with Crippen molar-refractivity contribution < 1.29 is 17.5 Å². The van der Waals surface area contributed by atoms with E-state index in [9.17, 15) is 12.8 Å². The molecule has 0 fully saturated rings. The quantitative estimate of drug-likeness (QED) is 0.899. The Hall–Kier alpha value is -1.93. The van der Waals surface area contributed by atoms with Crippen molar-refractivity contribution in [3.05, 3.63) is 42.2 Å². The Morgan fingerprint density at radius 3 is 2.79 bits per heavy atom. The zero-order valence-electron chi connectivity index (χ0n) is 10.1. The number of aromatic nitrogens is 2. The van der Waals surface area contributed by atoms with E-state index in [4.69, 9.17) is 9.88 Å². The smallest absolute Gasteiger partial charge is 0.241 e. The Morgan fingerprint density at radius 2 is 2.21 bits per heavy atom. The highest BCUT2D eigenvalue weighted by Crippen LogP contribution is 2.24. The van der Waals surface area contributed by atoms with E-state index in [2.05, 4.69) is 4.98 Å². The van der Waals surface area contributed by atoms with Gasteiger partial charge in [0.25, 0.3) is 0 Å². The molecule has 19 heavy (non-hydrogen) atoms. The predicted octanol–water partition coefficient (Wildman–Crippen LogP) is 0.786. The molecule has 0 saturated heterocycles. The van der Waals surface area contributed by atoms with Crippen molar-refractivity contribution in [1.82, 2.24) is 9.55 Å². The Balaban J connectivity index is 2.28. The van der Waals surface area contributed by atoms with Gasteiger partial charge in [-0.2, -0.15) is 0 Å². The molecule has 0 aliphatic rings. The van der Waals surface area contributed by atoms with Crippen LogP contribution in [-0.4, -0.2) is 18.0 Å². The summed E-state index contributed by atoms with van der Waals surface area (Å²) in [5.41, 5.74) is 0. The number of benzene rings is 1. The van der Waals surface area contributed by atoms with Gasteiger partial charge in [0.2, 0.25) is 10.0 Å². The van der Waals surface area contributed by atoms with Crippen molar-refractivity contribution in [2.24, 2.45) is 12.2 Å². The van der Waals surface area contributed by atoms with E-state index in [0.717, 1.165) is 12.1 Å². The molecule has 2 N–H and O–H groups in total. The maximum atomic E-state index is 13.1. The number of hydrogen-bond donors (Lipinski definition) is 1. The van der Waals surface area contributed by atoms with E-state index in [1.807, 2.05) is 0 Å². The molecule has 2 rings (SSSR count). The molecule has 1 aromatic carbocycles. The molecule has 2 aromatic rings. The number of ether oxygens (including phenoxy) is 1. The summed E-state index contributed by atoms with van der Waals surface area (Å²) in [5, 5.41) is 5.01. The van der Waals surface area contributed by atoms with E-state index >= 15 is 0 Å². The van der Waals surface area contributed by atoms with E-state index in [1.165, 1.54) is 6.07 Å². The van der Waals surface area contributed by atoms with Crippen LogP contribution in [0.5, 0.6) is 5.75 Å². The Morgan fingerprint density at radius 1 is 1.47 bits per heavy atom. The van der Waals surface area contributed by atoms with Gasteiger partial charge in [0, 0.05) is 19.4 Å². The lowest BCUT2D eigenvalue weighted by Crippen LogP contribution is -2.14. The molecule has 0 aliphatic carbocycles. The van der Waals surface area contributed by atoms with Crippen molar-refractivity contribution in [3.8, 4) is 5.75 Å². The monoisotopic (exact) mass is 285 g/mol. The molecular weight excluding hydrogens is 273 g/mol. The molecule has 8 heteroatoms. The summed E-state index contributed by atoms with van der Waals surface area (Å²) in [5.74, 6) is -0.107. The fraction of sp³-hybridized carbons (Fsp3) is 0.182. The van der Waals surface area contributed by atoms with Crippen LogP contribution < -0.4 is 9.88 Å². The molecule has 1 heterocycles. The molecule has 1 aromatic heterocycles. The third-order valence-electron chi connectivity index (χ3n) is 2.49. The first-order chi connectivity index (χ1) is 8.88. The van der Waals surface area contributed by atoms with Crippen LogP contribution in [0.3, 0.4) is 0 Å². The molecule has 0 radical (unpaired) electrons. The van der Waals surface area contributed by atoms with Gasteiger partial charge in [-0.1, -0.05) is 0 Å². The minimum Gasteiger partial charge on any atom is -0.484 e. The van der Waals surface area contributed by atoms with E-state index in [1.54, 1.807) is 24.0 Å². The molecule has 0 atom stereocenters. The summed E-state index contributed by atoms with van der Waals surface area (Å²) < 4.78 is 42.8. The predicted molar refractivity (Wildman–Crippen MR) is 65.3 cm³/mol. The summed E-state index contributed by atoms with van der Waals surface area (Å²) in [7, 11) is -2.27. The van der Waals surface area contributed by atoms with E-state index < -0.39 is 15.8 Å². The fourth-order valence-electron chi connectivity index (χ4n) is 1.50. The summed E-state index contributed by atoms with van der Waals surface area (Å²) >= 11 is 0. The largest absolute Gasteiger partial charge is 0.484 e. The van der Waals surface area contributed by atoms with Crippen LogP contribution in [0.2, 0.25) is 0 Å². The number of imidazole rings is 1. The molecule has 0 aliphatic heterocycles. The van der Waals surface area contributed by atoms with E-state index in [-0.39, 0.29) is 17.3 Å². The van der Waals surface area contributed by atoms with Gasteiger partial charge in [-0.05, 0) is 18.2 Å². The third-order valence-corrected chi connectivity index (χ3v) is 3.42. The Bertz CT molecular complexity index is 697. The minimum absolute atomic E-state index is 0.00750. The molecule has 0 unspecified atom stereocenters. The lowest BCUT2D eigenvalue weighted by atomic mass is 10.3. The maximum absolute atomic E-state index is 13.1. The van der Waals surface area contributed by atoms with Gasteiger partial charge in [0.1, 0.15) is 28.9 Å². The number of rotatable bonds is 4. The number of primary sulfonamides is 1. The molecule has 0 saturated carbocycles. The number of nitrogens with zero attached hydrogens (tertiary/aromatic N) is 2. The topological polar surface area (TPSA) is 87.2 Å². The maximum Gasteiger partial charge on any atom is 0.241 e. The van der Waals surface area contributed by atoms with E-state index in [0.29, 0.717) is 5.82 Å². The first kappa shape index (κ1) is 13.5. The molecule has 6 nitrogen and oxygen atoms in total. The first-order valence-corrected chi connectivity index (χ1v) is 6.84. The average molecular weight is 285 g/mol. The van der Waals surface area contributed by atoms with Crippen LogP contribution in [0.1, 0.15) is 5.82 Å². The number of nitrogens with two attached hydrogens (primary N) is 1. The van der Waals surface area contributed by atoms with Gasteiger partial charge in [-0.15, -0.1) is 0 Å². The highest BCUT2D eigenvalue weighted by molar-refractivity contribution is 7.89. The molecule has 0 amide bonds. The van der Waals surface area contributed by atoms with Gasteiger partial charge in [-0.25, -0.2) is 22.9 Å². The van der Waals surface area contributed by atoms with Crippen LogP contribution in [-0.2, 0) is 23.7 Å². The lowest BCUT2D eigenvalue weighted by molar-refractivity contribution is 0.283. The summed E-state index contributed by atoms with van der Waals surface area (Å²) in [4.78, 5) is 3.64. The van der Waals surface area contributed by atoms with Gasteiger partial charge in [0.05, 0.1) is 0 Å². The highest BCUT2D eigenvalue weighted by Gasteiger charge is 2.16. The van der Waals surface area contributed by atoms with Crippen LogP contribution in [0.15, 0.2) is 35.5 Å². The van der Waals surface area contributed by atoms with Gasteiger partial charge in [-0.3, -0.25) is 0 Å². The second kappa shape index (κ2) is 4.98. The van der Waals surface area contributed by atoms with Crippen LogP contribution in [0.4, 0.5) is 4.39 Å². The summed E-state index contributed by atoms with van der Waals surface area (Å²) in [6.07, 6.45) is 3.31. The zero-order valence-corrected chi connectivity index (χ0v) is 10.9. The third kappa shape index (κ3) is 3.09. The Kier molecular flexibility index (Phi) is 3.54. The SMILES string of the molecule is Cn1ccnc1COc1ccc(F)cc1S(N)(=O)=O. The normalized spacial score (nSPS) is 11.5. The second-order valence-corrected chi connectivity index (χ2v) is 5.41. The summed E-state index contributed by atoms with van der Waals surface area (Å²) in [6.45, 7) is 0.0532. The molecule has 0 bridgehead atoms. The van der Waals surface area contributed by atoms with Crippen LogP contribution >= 0.6 is 0 Å². The molecule has 102 valence electrons. The van der Waals surface area contributed by atoms with Gasteiger partial charge in [0.15, 0.2) is 0 Å². The van der Waals surface area contributed by atoms with Crippen LogP contribution in [0.25, 0.3) is 0 Å². The number of aryl methyl sites for hydroxylation is 1. The van der Waals surface area contributed by atoms with Gasteiger partial charge < -0.3 is 9.30 Å². The number of hydrogen-bond acceptors (Lipinski definition) is 4. The van der Waals surface area contributed by atoms with Crippen molar-refractivity contribution in [1.29, 1.82) is 0 Å². The van der Waals surface area contributed by atoms with Crippen molar-refractivity contribution >= 4 is 10.0 Å². The minimum atomic E-state index is -4.05. The number of sulfonamides is 1. The average Bonchev–Trinajstić information content (AvgIpc) is 2.72. The molecular formula is C11H12FN3O3S. The Labute approximate surface area is 109 Å². The standard InChI is InChI=1S/C11H12FN3O3S/c1-15-5-4-14-11(15)7-18-9-3-2-8(12)6-10(9)19(13,16)17/h2-6H,7H2,1H3,(H2,13,16,17). The van der Waals surface area contributed by atoms with Crippen molar-refractivity contribution in [2.75, 3.05) is 0 Å². The highest BCUT2D eigenvalue weighted by atomic mass is 32.2. The van der Waals surface area contributed by atoms with Crippen molar-refractivity contribution in [2.45, 2.75) is 11.5 Å². The summed E-state index contributed by atoms with van der Waals surface area (Å²) in [6, 6.07) is 3.14. The zero-order chi connectivity index (χ0) is 14.0. The van der Waals surface area contributed by atoms with Gasteiger partial charge >= 0.3 is 0 Å². The number of halogens is 1. The lowest BCUT2D eigenvalue weighted by Gasteiger charge is -2.10. The molecule has 0 spiro atoms. The fourth-order valence-corrected chi connectivity index (χ4v) is 2.19. The van der Waals surface area contributed by atoms with Crippen LogP contribution in [0, 0.1) is 5.82 Å². The second-order valence-electron chi connectivity index (χ2n) is 3.88. The van der Waals surface area contributed by atoms with Crippen molar-refractivity contribution in [3.63, 3.8) is 0 Å².